The Morgan fingerprint density at radius 3 is 2.23 bits per heavy atom. The summed E-state index contributed by atoms with van der Waals surface area (Å²) in [5.74, 6) is 0.936. The summed E-state index contributed by atoms with van der Waals surface area (Å²) >= 11 is 1.51. The Balaban J connectivity index is 3.62. The molecule has 22 heavy (non-hydrogen) atoms. The maximum absolute atomic E-state index is 11.8. The van der Waals surface area contributed by atoms with Crippen molar-refractivity contribution in [1.29, 1.82) is 0 Å². The lowest BCUT2D eigenvalue weighted by Gasteiger charge is -2.19. The highest BCUT2D eigenvalue weighted by Crippen LogP contribution is 2.21. The van der Waals surface area contributed by atoms with Crippen LogP contribution in [-0.4, -0.2) is 33.4 Å². The summed E-state index contributed by atoms with van der Waals surface area (Å²) in [6.07, 6.45) is 8.99. The van der Waals surface area contributed by atoms with E-state index in [0.29, 0.717) is 10.7 Å². The molecule has 0 aliphatic carbocycles. The van der Waals surface area contributed by atoms with Crippen molar-refractivity contribution in [1.82, 2.24) is 0 Å². The number of hydrogen-bond donors (Lipinski definition) is 0. The van der Waals surface area contributed by atoms with Crippen molar-refractivity contribution in [3.8, 4) is 0 Å². The molecule has 0 amide bonds. The zero-order valence-corrected chi connectivity index (χ0v) is 16.8. The van der Waals surface area contributed by atoms with E-state index in [4.69, 9.17) is 8.85 Å². The fraction of sp³-hybridized carbons (Fsp3) is 0.941. The van der Waals surface area contributed by atoms with Crippen molar-refractivity contribution >= 4 is 26.2 Å². The summed E-state index contributed by atoms with van der Waals surface area (Å²) in [7, 11) is -1.14. The smallest absolute Gasteiger partial charge is 0.387 e. The molecule has 0 aromatic heterocycles. The highest BCUT2D eigenvalue weighted by atomic mass is 32.2. The van der Waals surface area contributed by atoms with E-state index in [-0.39, 0.29) is 0 Å². The lowest BCUT2D eigenvalue weighted by atomic mass is 10.1. The molecule has 131 valence electrons. The molecular weight excluding hydrogens is 312 g/mol. The maximum Gasteiger partial charge on any atom is 0.387 e. The van der Waals surface area contributed by atoms with E-state index in [0.717, 1.165) is 44.6 Å². The van der Waals surface area contributed by atoms with Crippen LogP contribution in [0.2, 0.25) is 5.54 Å². The van der Waals surface area contributed by atoms with Gasteiger partial charge in [0.2, 0.25) is 0 Å². The predicted octanol–water partition coefficient (Wildman–Crippen LogP) is 5.34. The molecule has 1 atom stereocenters. The van der Waals surface area contributed by atoms with Gasteiger partial charge in [0.1, 0.15) is 0 Å². The van der Waals surface area contributed by atoms with Crippen molar-refractivity contribution in [2.45, 2.75) is 84.6 Å². The first-order valence-corrected chi connectivity index (χ1v) is 11.3. The molecule has 1 unspecified atom stereocenters. The molecule has 0 aromatic rings. The minimum absolute atomic E-state index is 0.365. The number of thioether (sulfide) groups is 1. The molecule has 0 heterocycles. The van der Waals surface area contributed by atoms with Crippen LogP contribution in [-0.2, 0) is 13.6 Å². The fourth-order valence-corrected chi connectivity index (χ4v) is 4.74. The van der Waals surface area contributed by atoms with Gasteiger partial charge in [-0.25, -0.2) is 0 Å². The first-order chi connectivity index (χ1) is 10.7. The van der Waals surface area contributed by atoms with Gasteiger partial charge in [-0.1, -0.05) is 51.3 Å². The predicted molar refractivity (Wildman–Crippen MR) is 98.5 cm³/mol. The molecule has 3 nitrogen and oxygen atoms in total. The van der Waals surface area contributed by atoms with Gasteiger partial charge in [-0.3, -0.25) is 4.79 Å². The van der Waals surface area contributed by atoms with Crippen molar-refractivity contribution in [3.63, 3.8) is 0 Å². The molecule has 1 radical (unpaired) electrons. The van der Waals surface area contributed by atoms with E-state index < -0.39 is 9.28 Å². The minimum atomic E-state index is -1.14. The van der Waals surface area contributed by atoms with Crippen LogP contribution in [0.4, 0.5) is 0 Å². The zero-order valence-electron chi connectivity index (χ0n) is 15.0. The average molecular weight is 348 g/mol. The lowest BCUT2D eigenvalue weighted by Crippen LogP contribution is -2.27. The van der Waals surface area contributed by atoms with Gasteiger partial charge in [0.25, 0.3) is 0 Å². The average Bonchev–Trinajstić information content (AvgIpc) is 2.51. The standard InChI is InChI=1S/C17H35O3SSi/c1-5-8-9-10-11-14-17(18)21-15-12-13-16(4)22(19-6-2)20-7-3/h16H,5-15H2,1-4H3. The summed E-state index contributed by atoms with van der Waals surface area (Å²) in [5.41, 5.74) is 0.481. The number of rotatable bonds is 15. The van der Waals surface area contributed by atoms with Crippen molar-refractivity contribution in [2.75, 3.05) is 19.0 Å². The Labute approximate surface area is 143 Å². The second-order valence-electron chi connectivity index (χ2n) is 5.61. The summed E-state index contributed by atoms with van der Waals surface area (Å²) in [4.78, 5) is 11.8. The number of unbranched alkanes of at least 4 members (excludes halogenated alkanes) is 4. The molecule has 0 aliphatic rings. The van der Waals surface area contributed by atoms with E-state index in [9.17, 15) is 4.79 Å². The Bertz CT molecular complexity index is 258. The van der Waals surface area contributed by atoms with Crippen LogP contribution in [0.3, 0.4) is 0 Å². The van der Waals surface area contributed by atoms with E-state index >= 15 is 0 Å². The van der Waals surface area contributed by atoms with Crippen molar-refractivity contribution < 1.29 is 13.6 Å². The normalized spacial score (nSPS) is 12.8. The Hall–Kier alpha value is 0.157. The second kappa shape index (κ2) is 16.0. The van der Waals surface area contributed by atoms with Crippen molar-refractivity contribution in [3.05, 3.63) is 0 Å². The third-order valence-electron chi connectivity index (χ3n) is 3.50. The highest BCUT2D eigenvalue weighted by Gasteiger charge is 2.23. The molecule has 0 spiro atoms. The number of carbonyl (C=O) groups excluding carboxylic acids is 1. The van der Waals surface area contributed by atoms with Gasteiger partial charge in [-0.05, 0) is 33.1 Å². The van der Waals surface area contributed by atoms with E-state index in [1.54, 1.807) is 0 Å². The molecule has 0 aliphatic heterocycles. The molecule has 0 saturated heterocycles. The quantitative estimate of drug-likeness (QED) is 0.296. The van der Waals surface area contributed by atoms with Gasteiger partial charge in [0.15, 0.2) is 5.12 Å². The molecule has 0 aromatic carbocycles. The summed E-state index contributed by atoms with van der Waals surface area (Å²) < 4.78 is 11.4. The SMILES string of the molecule is CCCCCCCC(=O)SCCCC(C)[Si](OCC)OCC. The summed E-state index contributed by atoms with van der Waals surface area (Å²) in [6.45, 7) is 9.91. The maximum atomic E-state index is 11.8. The Morgan fingerprint density at radius 2 is 1.64 bits per heavy atom. The van der Waals surface area contributed by atoms with E-state index in [1.165, 1.54) is 37.4 Å². The molecule has 0 bridgehead atoms. The largest absolute Gasteiger partial charge is 0.393 e. The van der Waals surface area contributed by atoms with Gasteiger partial charge >= 0.3 is 9.28 Å². The summed E-state index contributed by atoms with van der Waals surface area (Å²) in [6, 6.07) is 0. The monoisotopic (exact) mass is 347 g/mol. The molecule has 0 rings (SSSR count). The van der Waals surface area contributed by atoms with Crippen LogP contribution in [0.25, 0.3) is 0 Å². The van der Waals surface area contributed by atoms with Gasteiger partial charge in [0.05, 0.1) is 0 Å². The highest BCUT2D eigenvalue weighted by molar-refractivity contribution is 8.13. The van der Waals surface area contributed by atoms with Gasteiger partial charge in [-0.15, -0.1) is 0 Å². The fourth-order valence-electron chi connectivity index (χ4n) is 2.25. The topological polar surface area (TPSA) is 35.5 Å². The van der Waals surface area contributed by atoms with Crippen LogP contribution in [0.1, 0.15) is 79.1 Å². The van der Waals surface area contributed by atoms with Crippen molar-refractivity contribution in [2.24, 2.45) is 0 Å². The molecule has 0 saturated carbocycles. The zero-order chi connectivity index (χ0) is 16.6. The van der Waals surface area contributed by atoms with Crippen LogP contribution in [0.15, 0.2) is 0 Å². The van der Waals surface area contributed by atoms with Crippen LogP contribution in [0, 0.1) is 0 Å². The van der Waals surface area contributed by atoms with E-state index in [1.807, 2.05) is 13.8 Å². The first-order valence-electron chi connectivity index (χ1n) is 8.93. The lowest BCUT2D eigenvalue weighted by molar-refractivity contribution is -0.111. The number of hydrogen-bond acceptors (Lipinski definition) is 4. The Morgan fingerprint density at radius 1 is 1.00 bits per heavy atom. The number of carbonyl (C=O) groups is 1. The van der Waals surface area contributed by atoms with Crippen LogP contribution < -0.4 is 0 Å². The van der Waals surface area contributed by atoms with Crippen LogP contribution >= 0.6 is 11.8 Å². The second-order valence-corrected chi connectivity index (χ2v) is 8.97. The van der Waals surface area contributed by atoms with Crippen LogP contribution in [0.5, 0.6) is 0 Å². The third kappa shape index (κ3) is 12.7. The molecular formula is C17H35O3SSi. The first kappa shape index (κ1) is 22.2. The Kier molecular flexibility index (Phi) is 16.1. The summed E-state index contributed by atoms with van der Waals surface area (Å²) in [5, 5.41) is 0.365. The molecule has 5 heteroatoms. The van der Waals surface area contributed by atoms with Gasteiger partial charge in [-0.2, -0.15) is 0 Å². The van der Waals surface area contributed by atoms with E-state index in [2.05, 4.69) is 13.8 Å². The van der Waals surface area contributed by atoms with Gasteiger partial charge < -0.3 is 8.85 Å². The molecule has 0 fully saturated rings. The minimum Gasteiger partial charge on any atom is -0.393 e. The van der Waals surface area contributed by atoms with Gasteiger partial charge in [0, 0.05) is 30.9 Å². The third-order valence-corrected chi connectivity index (χ3v) is 6.76. The molecule has 0 N–H and O–H groups in total.